The van der Waals surface area contributed by atoms with Gasteiger partial charge >= 0.3 is 6.03 Å². The second-order valence-electron chi connectivity index (χ2n) is 3.46. The number of primary amides is 2. The first kappa shape index (κ1) is 14.2. The van der Waals surface area contributed by atoms with E-state index in [2.05, 4.69) is 18.4 Å². The SMILES string of the molecule is CC.C[C@@]12CCO[C@@H]1CCO2.NC(N)=O. The second kappa shape index (κ2) is 6.63. The number of carbonyl (C=O) groups is 1. The van der Waals surface area contributed by atoms with E-state index in [0.717, 1.165) is 26.1 Å². The van der Waals surface area contributed by atoms with Gasteiger partial charge < -0.3 is 20.9 Å². The predicted octanol–water partition coefficient (Wildman–Crippen LogP) is 1.00. The van der Waals surface area contributed by atoms with Gasteiger partial charge in [-0.25, -0.2) is 4.79 Å². The van der Waals surface area contributed by atoms with Crippen LogP contribution in [0.5, 0.6) is 0 Å². The van der Waals surface area contributed by atoms with Crippen LogP contribution in [-0.2, 0) is 9.47 Å². The second-order valence-corrected chi connectivity index (χ2v) is 3.46. The first-order valence-electron chi connectivity index (χ1n) is 5.35. The van der Waals surface area contributed by atoms with Gasteiger partial charge in [0.05, 0.1) is 18.3 Å². The number of amides is 2. The van der Waals surface area contributed by atoms with E-state index in [9.17, 15) is 0 Å². The van der Waals surface area contributed by atoms with Crippen LogP contribution in [0.3, 0.4) is 0 Å². The Morgan fingerprint density at radius 1 is 1.33 bits per heavy atom. The van der Waals surface area contributed by atoms with Crippen molar-refractivity contribution < 1.29 is 14.3 Å². The van der Waals surface area contributed by atoms with E-state index in [1.807, 2.05) is 13.8 Å². The van der Waals surface area contributed by atoms with Gasteiger partial charge in [-0.05, 0) is 13.3 Å². The lowest BCUT2D eigenvalue weighted by molar-refractivity contribution is -0.00576. The number of rotatable bonds is 0. The molecule has 0 aromatic carbocycles. The summed E-state index contributed by atoms with van der Waals surface area (Å²) in [7, 11) is 0. The highest BCUT2D eigenvalue weighted by atomic mass is 16.6. The molecule has 2 saturated heterocycles. The fourth-order valence-electron chi connectivity index (χ4n) is 1.69. The smallest absolute Gasteiger partial charge is 0.309 e. The lowest BCUT2D eigenvalue weighted by atomic mass is 9.99. The number of carbonyl (C=O) groups excluding carboxylic acids is 1. The van der Waals surface area contributed by atoms with Crippen LogP contribution in [0.2, 0.25) is 0 Å². The van der Waals surface area contributed by atoms with Crippen LogP contribution >= 0.6 is 0 Å². The van der Waals surface area contributed by atoms with Crippen molar-refractivity contribution in [3.05, 3.63) is 0 Å². The lowest BCUT2D eigenvalue weighted by Crippen LogP contribution is -2.30. The number of fused-ring (bicyclic) bond motifs is 1. The summed E-state index contributed by atoms with van der Waals surface area (Å²) < 4.78 is 11.0. The van der Waals surface area contributed by atoms with Crippen LogP contribution in [0.15, 0.2) is 0 Å². The summed E-state index contributed by atoms with van der Waals surface area (Å²) in [5.74, 6) is 0. The molecular formula is C10H22N2O3. The molecule has 0 unspecified atom stereocenters. The van der Waals surface area contributed by atoms with Crippen molar-refractivity contribution >= 4 is 6.03 Å². The summed E-state index contributed by atoms with van der Waals surface area (Å²) in [6.07, 6.45) is 2.58. The minimum atomic E-state index is -0.833. The van der Waals surface area contributed by atoms with Crippen LogP contribution in [0.4, 0.5) is 4.79 Å². The molecule has 5 heteroatoms. The molecule has 2 atom stereocenters. The monoisotopic (exact) mass is 218 g/mol. The molecule has 2 amide bonds. The lowest BCUT2D eigenvalue weighted by Gasteiger charge is -2.19. The van der Waals surface area contributed by atoms with Crippen LogP contribution in [0.25, 0.3) is 0 Å². The Labute approximate surface area is 91.1 Å². The van der Waals surface area contributed by atoms with Crippen molar-refractivity contribution in [1.29, 1.82) is 0 Å². The third-order valence-electron chi connectivity index (χ3n) is 2.41. The van der Waals surface area contributed by atoms with E-state index < -0.39 is 6.03 Å². The minimum absolute atomic E-state index is 0.0833. The van der Waals surface area contributed by atoms with Crippen molar-refractivity contribution in [1.82, 2.24) is 0 Å². The maximum atomic E-state index is 9.00. The van der Waals surface area contributed by atoms with Crippen molar-refractivity contribution in [3.63, 3.8) is 0 Å². The zero-order valence-corrected chi connectivity index (χ0v) is 9.79. The largest absolute Gasteiger partial charge is 0.375 e. The third-order valence-corrected chi connectivity index (χ3v) is 2.41. The molecule has 0 aromatic rings. The predicted molar refractivity (Wildman–Crippen MR) is 58.4 cm³/mol. The fraction of sp³-hybridized carbons (Fsp3) is 0.900. The Hall–Kier alpha value is -0.810. The molecule has 15 heavy (non-hydrogen) atoms. The molecule has 2 heterocycles. The number of hydrogen-bond donors (Lipinski definition) is 2. The summed E-state index contributed by atoms with van der Waals surface area (Å²) in [5.41, 5.74) is 8.58. The molecule has 5 nitrogen and oxygen atoms in total. The Bertz CT molecular complexity index is 183. The van der Waals surface area contributed by atoms with Gasteiger partial charge in [-0.2, -0.15) is 0 Å². The molecule has 2 aliphatic rings. The van der Waals surface area contributed by atoms with Crippen molar-refractivity contribution in [2.24, 2.45) is 11.5 Å². The highest BCUT2D eigenvalue weighted by Gasteiger charge is 2.44. The van der Waals surface area contributed by atoms with Crippen molar-refractivity contribution in [3.8, 4) is 0 Å². The van der Waals surface area contributed by atoms with Crippen molar-refractivity contribution in [2.45, 2.75) is 45.3 Å². The Morgan fingerprint density at radius 2 is 1.87 bits per heavy atom. The van der Waals surface area contributed by atoms with E-state index >= 15 is 0 Å². The molecule has 0 bridgehead atoms. The molecule has 2 rings (SSSR count). The van der Waals surface area contributed by atoms with E-state index in [1.165, 1.54) is 0 Å². The van der Waals surface area contributed by atoms with E-state index in [1.54, 1.807) is 0 Å². The average molecular weight is 218 g/mol. The zero-order chi connectivity index (χ0) is 11.9. The number of urea groups is 1. The number of ether oxygens (including phenoxy) is 2. The molecule has 0 aromatic heterocycles. The van der Waals surface area contributed by atoms with Crippen LogP contribution < -0.4 is 11.5 Å². The molecule has 0 saturated carbocycles. The minimum Gasteiger partial charge on any atom is -0.375 e. The highest BCUT2D eigenvalue weighted by Crippen LogP contribution is 2.36. The summed E-state index contributed by atoms with van der Waals surface area (Å²) in [4.78, 5) is 9.00. The van der Waals surface area contributed by atoms with Gasteiger partial charge in [0.1, 0.15) is 0 Å². The molecule has 0 radical (unpaired) electrons. The molecule has 90 valence electrons. The summed E-state index contributed by atoms with van der Waals surface area (Å²) in [6, 6.07) is -0.833. The van der Waals surface area contributed by atoms with Crippen LogP contribution in [0.1, 0.15) is 33.6 Å². The van der Waals surface area contributed by atoms with Gasteiger partial charge in [0.25, 0.3) is 0 Å². The molecule has 0 spiro atoms. The molecule has 4 N–H and O–H groups in total. The number of nitrogens with two attached hydrogens (primary N) is 2. The van der Waals surface area contributed by atoms with E-state index in [4.69, 9.17) is 14.3 Å². The Morgan fingerprint density at radius 3 is 2.33 bits per heavy atom. The number of hydrogen-bond acceptors (Lipinski definition) is 3. The topological polar surface area (TPSA) is 87.6 Å². The molecule has 2 aliphatic heterocycles. The van der Waals surface area contributed by atoms with Gasteiger partial charge in [-0.1, -0.05) is 13.8 Å². The third kappa shape index (κ3) is 4.48. The first-order chi connectivity index (χ1) is 7.04. The fourth-order valence-corrected chi connectivity index (χ4v) is 1.69. The summed E-state index contributed by atoms with van der Waals surface area (Å²) in [6.45, 7) is 7.93. The quantitative estimate of drug-likeness (QED) is 0.636. The van der Waals surface area contributed by atoms with Gasteiger partial charge in [0.2, 0.25) is 0 Å². The summed E-state index contributed by atoms with van der Waals surface area (Å²) >= 11 is 0. The van der Waals surface area contributed by atoms with Crippen LogP contribution in [0, 0.1) is 0 Å². The Balaban J connectivity index is 0.000000282. The zero-order valence-electron chi connectivity index (χ0n) is 9.79. The van der Waals surface area contributed by atoms with Gasteiger partial charge in [0.15, 0.2) is 0 Å². The van der Waals surface area contributed by atoms with Gasteiger partial charge in [0, 0.05) is 13.0 Å². The van der Waals surface area contributed by atoms with Crippen molar-refractivity contribution in [2.75, 3.05) is 13.2 Å². The van der Waals surface area contributed by atoms with Gasteiger partial charge in [-0.15, -0.1) is 0 Å². The molecule has 2 fully saturated rings. The maximum absolute atomic E-state index is 9.00. The highest BCUT2D eigenvalue weighted by molar-refractivity contribution is 5.69. The van der Waals surface area contributed by atoms with Crippen LogP contribution in [-0.4, -0.2) is 30.9 Å². The van der Waals surface area contributed by atoms with E-state index in [-0.39, 0.29) is 5.60 Å². The summed E-state index contributed by atoms with van der Waals surface area (Å²) in [5, 5.41) is 0. The maximum Gasteiger partial charge on any atom is 0.309 e. The standard InChI is InChI=1S/C7H12O2.C2H6.CH4N2O/c1-7-3-5-8-6(7)2-4-9-7;1-2;2-1(3)4/h6H,2-5H2,1H3;1-2H3;(H4,2,3,4)/t6-,7-;;/m1../s1. The molecular weight excluding hydrogens is 196 g/mol. The average Bonchev–Trinajstić information content (AvgIpc) is 2.64. The van der Waals surface area contributed by atoms with Gasteiger partial charge in [-0.3, -0.25) is 0 Å². The molecule has 0 aliphatic carbocycles. The normalized spacial score (nSPS) is 31.8. The van der Waals surface area contributed by atoms with E-state index in [0.29, 0.717) is 6.10 Å². The Kier molecular flexibility index (Phi) is 6.27. The first-order valence-corrected chi connectivity index (χ1v) is 5.35.